The Hall–Kier alpha value is -4.05. The maximum Gasteiger partial charge on any atom is 0.264 e. The van der Waals surface area contributed by atoms with Gasteiger partial charge in [-0.1, -0.05) is 30.3 Å². The molecule has 0 radical (unpaired) electrons. The van der Waals surface area contributed by atoms with Gasteiger partial charge in [0.15, 0.2) is 0 Å². The lowest BCUT2D eigenvalue weighted by Crippen LogP contribution is -2.52. The van der Waals surface area contributed by atoms with Gasteiger partial charge in [-0.3, -0.25) is 13.9 Å². The van der Waals surface area contributed by atoms with Crippen LogP contribution in [0.3, 0.4) is 0 Å². The molecule has 0 unspecified atom stereocenters. The molecule has 0 aromatic heterocycles. The second-order valence-corrected chi connectivity index (χ2v) is 11.1. The van der Waals surface area contributed by atoms with Crippen LogP contribution in [0.25, 0.3) is 0 Å². The van der Waals surface area contributed by atoms with E-state index in [1.165, 1.54) is 24.1 Å². The smallest absolute Gasteiger partial charge is 0.264 e. The number of carbonyl (C=O) groups is 2. The highest BCUT2D eigenvalue weighted by molar-refractivity contribution is 7.92. The lowest BCUT2D eigenvalue weighted by molar-refractivity contribution is -0.139. The zero-order valence-corrected chi connectivity index (χ0v) is 23.6. The normalized spacial score (nSPS) is 11.9. The first-order valence-electron chi connectivity index (χ1n) is 12.5. The van der Waals surface area contributed by atoms with Crippen molar-refractivity contribution in [2.75, 3.05) is 25.1 Å². The van der Waals surface area contributed by atoms with Crippen LogP contribution in [-0.2, 0) is 26.2 Å². The molecule has 0 heterocycles. The summed E-state index contributed by atoms with van der Waals surface area (Å²) in [5.74, 6) is 0.258. The number of hydrogen-bond donors (Lipinski definition) is 1. The minimum atomic E-state index is -4.13. The molecule has 0 saturated carbocycles. The molecule has 208 valence electrons. The summed E-state index contributed by atoms with van der Waals surface area (Å²) in [5, 5.41) is 2.84. The molecule has 0 aliphatic carbocycles. The Morgan fingerprint density at radius 3 is 2.08 bits per heavy atom. The molecule has 3 aromatic carbocycles. The molecule has 0 fully saturated rings. The van der Waals surface area contributed by atoms with E-state index in [0.29, 0.717) is 11.5 Å². The van der Waals surface area contributed by atoms with Gasteiger partial charge in [0.2, 0.25) is 11.8 Å². The van der Waals surface area contributed by atoms with Crippen molar-refractivity contribution in [3.63, 3.8) is 0 Å². The Balaban J connectivity index is 2.03. The number of carbonyl (C=O) groups excluding carboxylic acids is 2. The average molecular weight is 554 g/mol. The fourth-order valence-electron chi connectivity index (χ4n) is 3.95. The van der Waals surface area contributed by atoms with Crippen LogP contribution in [0.5, 0.6) is 11.5 Å². The van der Waals surface area contributed by atoms with Gasteiger partial charge in [-0.25, -0.2) is 8.42 Å². The molecule has 3 aromatic rings. The summed E-state index contributed by atoms with van der Waals surface area (Å²) >= 11 is 0. The van der Waals surface area contributed by atoms with Crippen LogP contribution in [0.4, 0.5) is 5.69 Å². The number of benzene rings is 3. The molecule has 39 heavy (non-hydrogen) atoms. The molecule has 0 spiro atoms. The molecule has 1 atom stereocenters. The number of amides is 2. The van der Waals surface area contributed by atoms with Gasteiger partial charge in [0.1, 0.15) is 24.1 Å². The van der Waals surface area contributed by atoms with Crippen LogP contribution in [0.15, 0.2) is 83.8 Å². The van der Waals surface area contributed by atoms with E-state index < -0.39 is 28.5 Å². The van der Waals surface area contributed by atoms with Gasteiger partial charge in [-0.2, -0.15) is 0 Å². The summed E-state index contributed by atoms with van der Waals surface area (Å²) in [6.45, 7) is 4.84. The summed E-state index contributed by atoms with van der Waals surface area (Å²) in [4.78, 5) is 28.3. The lowest BCUT2D eigenvalue weighted by Gasteiger charge is -2.32. The highest BCUT2D eigenvalue weighted by Crippen LogP contribution is 2.26. The fourth-order valence-corrected chi connectivity index (χ4v) is 5.39. The van der Waals surface area contributed by atoms with Gasteiger partial charge in [0.05, 0.1) is 24.8 Å². The first-order chi connectivity index (χ1) is 18.6. The number of sulfonamides is 1. The van der Waals surface area contributed by atoms with Crippen molar-refractivity contribution in [3.05, 3.63) is 84.4 Å². The summed E-state index contributed by atoms with van der Waals surface area (Å²) in [6, 6.07) is 20.5. The summed E-state index contributed by atoms with van der Waals surface area (Å²) in [6.07, 6.45) is 0. The van der Waals surface area contributed by atoms with E-state index >= 15 is 0 Å². The molecular weight excluding hydrogens is 518 g/mol. The lowest BCUT2D eigenvalue weighted by atomic mass is 10.1. The molecule has 0 saturated heterocycles. The quantitative estimate of drug-likeness (QED) is 0.365. The number of nitrogens with zero attached hydrogens (tertiary/aromatic N) is 2. The Bertz CT molecular complexity index is 1360. The molecule has 9 nitrogen and oxygen atoms in total. The van der Waals surface area contributed by atoms with Gasteiger partial charge in [0, 0.05) is 12.6 Å². The van der Waals surface area contributed by atoms with Gasteiger partial charge in [-0.15, -0.1) is 0 Å². The zero-order chi connectivity index (χ0) is 28.6. The van der Waals surface area contributed by atoms with Crippen LogP contribution in [-0.4, -0.2) is 58.0 Å². The SMILES string of the molecule is COc1ccc(N(CC(=O)N(Cc2cccc(OC)c2)[C@@H](C)C(=O)NC(C)C)S(=O)(=O)c2ccccc2)cc1. The summed E-state index contributed by atoms with van der Waals surface area (Å²) in [7, 11) is -1.07. The number of hydrogen-bond acceptors (Lipinski definition) is 6. The largest absolute Gasteiger partial charge is 0.497 e. The van der Waals surface area contributed by atoms with Crippen molar-refractivity contribution >= 4 is 27.5 Å². The van der Waals surface area contributed by atoms with Gasteiger partial charge >= 0.3 is 0 Å². The summed E-state index contributed by atoms with van der Waals surface area (Å²) < 4.78 is 39.1. The van der Waals surface area contributed by atoms with E-state index in [1.807, 2.05) is 19.9 Å². The van der Waals surface area contributed by atoms with Gasteiger partial charge < -0.3 is 19.7 Å². The number of rotatable bonds is 12. The van der Waals surface area contributed by atoms with E-state index in [4.69, 9.17) is 9.47 Å². The van der Waals surface area contributed by atoms with Crippen LogP contribution in [0.2, 0.25) is 0 Å². The van der Waals surface area contributed by atoms with Crippen molar-refractivity contribution in [3.8, 4) is 11.5 Å². The Morgan fingerprint density at radius 1 is 0.846 bits per heavy atom. The minimum Gasteiger partial charge on any atom is -0.497 e. The molecule has 0 bridgehead atoms. The highest BCUT2D eigenvalue weighted by atomic mass is 32.2. The van der Waals surface area contributed by atoms with E-state index in [2.05, 4.69) is 5.32 Å². The maximum absolute atomic E-state index is 13.9. The fraction of sp³-hybridized carbons (Fsp3) is 0.310. The van der Waals surface area contributed by atoms with Crippen LogP contribution in [0.1, 0.15) is 26.3 Å². The van der Waals surface area contributed by atoms with Crippen molar-refractivity contribution in [2.24, 2.45) is 0 Å². The Morgan fingerprint density at radius 2 is 1.49 bits per heavy atom. The average Bonchev–Trinajstić information content (AvgIpc) is 2.94. The molecule has 10 heteroatoms. The van der Waals surface area contributed by atoms with Crippen molar-refractivity contribution in [2.45, 2.75) is 44.3 Å². The van der Waals surface area contributed by atoms with Crippen LogP contribution < -0.4 is 19.1 Å². The topological polar surface area (TPSA) is 105 Å². The van der Waals surface area contributed by atoms with Gasteiger partial charge in [0.25, 0.3) is 10.0 Å². The van der Waals surface area contributed by atoms with Gasteiger partial charge in [-0.05, 0) is 74.9 Å². The second-order valence-electron chi connectivity index (χ2n) is 9.24. The van der Waals surface area contributed by atoms with Crippen LogP contribution >= 0.6 is 0 Å². The molecule has 0 aliphatic heterocycles. The monoisotopic (exact) mass is 553 g/mol. The third-order valence-corrected chi connectivity index (χ3v) is 7.84. The van der Waals surface area contributed by atoms with E-state index in [0.717, 1.165) is 9.87 Å². The maximum atomic E-state index is 13.9. The first kappa shape index (κ1) is 29.5. The predicted octanol–water partition coefficient (Wildman–Crippen LogP) is 3.84. The molecule has 3 rings (SSSR count). The summed E-state index contributed by atoms with van der Waals surface area (Å²) in [5.41, 5.74) is 1.02. The molecule has 1 N–H and O–H groups in total. The number of nitrogens with one attached hydrogen (secondary N) is 1. The zero-order valence-electron chi connectivity index (χ0n) is 22.8. The van der Waals surface area contributed by atoms with Crippen LogP contribution in [0, 0.1) is 0 Å². The van der Waals surface area contributed by atoms with Crippen molar-refractivity contribution in [1.29, 1.82) is 0 Å². The third-order valence-electron chi connectivity index (χ3n) is 6.06. The predicted molar refractivity (Wildman–Crippen MR) is 150 cm³/mol. The van der Waals surface area contributed by atoms with Crippen molar-refractivity contribution in [1.82, 2.24) is 10.2 Å². The number of anilines is 1. The molecular formula is C29H35N3O6S. The Kier molecular flexibility index (Phi) is 9.95. The van der Waals surface area contributed by atoms with E-state index in [-0.39, 0.29) is 29.1 Å². The highest BCUT2D eigenvalue weighted by Gasteiger charge is 2.32. The van der Waals surface area contributed by atoms with Crippen molar-refractivity contribution < 1.29 is 27.5 Å². The molecule has 0 aliphatic rings. The van der Waals surface area contributed by atoms with E-state index in [1.54, 1.807) is 74.7 Å². The minimum absolute atomic E-state index is 0.0403. The van der Waals surface area contributed by atoms with E-state index in [9.17, 15) is 18.0 Å². The first-order valence-corrected chi connectivity index (χ1v) is 14.0. The third kappa shape index (κ3) is 7.51. The molecule has 2 amide bonds. The number of ether oxygens (including phenoxy) is 2. The number of methoxy groups -OCH3 is 2. The standard InChI is InChI=1S/C29H35N3O6S/c1-21(2)30-29(34)22(3)31(19-23-10-9-11-26(18-23)38-5)28(33)20-32(24-14-16-25(37-4)17-15-24)39(35,36)27-12-7-6-8-13-27/h6-18,21-22H,19-20H2,1-5H3,(H,30,34)/t22-/m0/s1. The second kappa shape index (κ2) is 13.1. The Labute approximate surface area is 230 Å².